The number of aliphatic carboxylic acids is 1. The second-order valence-electron chi connectivity index (χ2n) is 12.3. The molecule has 3 fully saturated rings. The smallest absolute Gasteiger partial charge is 0.435 e. The van der Waals surface area contributed by atoms with E-state index >= 15 is 0 Å². The number of carboxylic acids is 1. The third kappa shape index (κ3) is 5.82. The third-order valence-electron chi connectivity index (χ3n) is 9.68. The van der Waals surface area contributed by atoms with Crippen LogP contribution in [-0.2, 0) is 36.8 Å². The van der Waals surface area contributed by atoms with Crippen LogP contribution in [0.2, 0.25) is 0 Å². The molecule has 246 valence electrons. The number of rotatable bonds is 7. The number of hydrogen-bond donors (Lipinski definition) is 2. The van der Waals surface area contributed by atoms with Gasteiger partial charge in [0.15, 0.2) is 9.64 Å². The van der Waals surface area contributed by atoms with Gasteiger partial charge in [0.25, 0.3) is 0 Å². The standard InChI is InChI=1S/C31H32F7NO5S/c32-29(30(33,34)35,31(36,37)38)22-11-9-21(10-12-22)28(45(44)24-4-1-3-23(17-24)27(43)13-2-14-27)15-16-39(18-28)25(40)19-5-7-20(8-6-19)26(41)42/h1,3-4,9-12,17,19-20,43H,2,5-8,13-16,18H2,(H,41,42). The molecule has 5 rings (SSSR count). The largest absolute Gasteiger partial charge is 0.611 e. The molecule has 2 unspecified atom stereocenters. The fourth-order valence-corrected chi connectivity index (χ4v) is 8.52. The highest BCUT2D eigenvalue weighted by atomic mass is 32.2. The molecule has 2 aromatic carbocycles. The fraction of sp³-hybridized carbons (Fsp3) is 0.548. The molecule has 1 heterocycles. The molecule has 0 aromatic heterocycles. The molecule has 3 aliphatic rings. The molecule has 1 aliphatic heterocycles. The van der Waals surface area contributed by atoms with Gasteiger partial charge in [-0.2, -0.15) is 26.3 Å². The highest BCUT2D eigenvalue weighted by Crippen LogP contribution is 2.54. The zero-order valence-electron chi connectivity index (χ0n) is 24.0. The van der Waals surface area contributed by atoms with Crippen LogP contribution in [0.25, 0.3) is 0 Å². The molecular weight excluding hydrogens is 631 g/mol. The lowest BCUT2D eigenvalue weighted by molar-refractivity contribution is -0.348. The maximum absolute atomic E-state index is 14.8. The molecular formula is C31H32F7NO5S. The molecule has 1 amide bonds. The number of carbonyl (C=O) groups excluding carboxylic acids is 1. The maximum Gasteiger partial charge on any atom is 0.435 e. The minimum Gasteiger partial charge on any atom is -0.611 e. The van der Waals surface area contributed by atoms with Crippen LogP contribution >= 0.6 is 0 Å². The summed E-state index contributed by atoms with van der Waals surface area (Å²) in [5, 5.41) is 20.2. The number of benzene rings is 2. The number of alkyl halides is 7. The average Bonchev–Trinajstić information content (AvgIpc) is 3.44. The number of likely N-dealkylation sites (tertiary alicyclic amines) is 1. The van der Waals surface area contributed by atoms with Crippen molar-refractivity contribution < 1.29 is 55.1 Å². The summed E-state index contributed by atoms with van der Waals surface area (Å²) in [6, 6.07) is 8.94. The van der Waals surface area contributed by atoms with Crippen molar-refractivity contribution >= 4 is 23.1 Å². The van der Waals surface area contributed by atoms with Crippen molar-refractivity contribution in [3.8, 4) is 0 Å². The number of hydrogen-bond acceptors (Lipinski definition) is 4. The fourth-order valence-electron chi connectivity index (χ4n) is 6.73. The number of halogens is 7. The van der Waals surface area contributed by atoms with E-state index in [1.165, 1.54) is 11.0 Å². The van der Waals surface area contributed by atoms with Gasteiger partial charge < -0.3 is 19.7 Å². The van der Waals surface area contributed by atoms with E-state index in [9.17, 15) is 55.1 Å². The Kier molecular flexibility index (Phi) is 8.75. The number of aliphatic hydroxyl groups is 1. The summed E-state index contributed by atoms with van der Waals surface area (Å²) in [4.78, 5) is 26.6. The van der Waals surface area contributed by atoms with Gasteiger partial charge in [-0.05, 0) is 73.8 Å². The molecule has 2 saturated carbocycles. The quantitative estimate of drug-likeness (QED) is 0.261. The Hall–Kier alpha value is -2.84. The Morgan fingerprint density at radius 2 is 1.42 bits per heavy atom. The van der Waals surface area contributed by atoms with Gasteiger partial charge in [0.2, 0.25) is 5.91 Å². The summed E-state index contributed by atoms with van der Waals surface area (Å²) in [6.45, 7) is -0.114. The van der Waals surface area contributed by atoms with Gasteiger partial charge in [-0.3, -0.25) is 9.59 Å². The number of amides is 1. The van der Waals surface area contributed by atoms with E-state index in [1.54, 1.807) is 18.2 Å². The van der Waals surface area contributed by atoms with Crippen LogP contribution in [0, 0.1) is 11.8 Å². The first-order valence-electron chi connectivity index (χ1n) is 14.6. The molecule has 0 spiro atoms. The summed E-state index contributed by atoms with van der Waals surface area (Å²) >= 11 is -2.03. The maximum atomic E-state index is 14.8. The van der Waals surface area contributed by atoms with E-state index in [1.807, 2.05) is 0 Å². The molecule has 0 bridgehead atoms. The van der Waals surface area contributed by atoms with Crippen molar-refractivity contribution in [2.24, 2.45) is 11.8 Å². The predicted molar refractivity (Wildman–Crippen MR) is 148 cm³/mol. The van der Waals surface area contributed by atoms with Gasteiger partial charge in [0, 0.05) is 30.0 Å². The van der Waals surface area contributed by atoms with Crippen LogP contribution in [-0.4, -0.2) is 57.0 Å². The van der Waals surface area contributed by atoms with E-state index in [0.717, 1.165) is 18.6 Å². The lowest BCUT2D eigenvalue weighted by Crippen LogP contribution is -2.50. The van der Waals surface area contributed by atoms with Crippen LogP contribution in [0.3, 0.4) is 0 Å². The van der Waals surface area contributed by atoms with Gasteiger partial charge in [-0.25, -0.2) is 4.39 Å². The van der Waals surface area contributed by atoms with E-state index in [4.69, 9.17) is 0 Å². The normalized spacial score (nSPS) is 26.3. The van der Waals surface area contributed by atoms with Crippen LogP contribution in [0.5, 0.6) is 0 Å². The molecule has 45 heavy (non-hydrogen) atoms. The molecule has 1 saturated heterocycles. The highest BCUT2D eigenvalue weighted by molar-refractivity contribution is 7.92. The Labute approximate surface area is 257 Å². The summed E-state index contributed by atoms with van der Waals surface area (Å²) in [5.41, 5.74) is -7.84. The Bertz CT molecular complexity index is 1410. The van der Waals surface area contributed by atoms with E-state index < -0.39 is 62.9 Å². The number of carbonyl (C=O) groups is 2. The first kappa shape index (κ1) is 33.5. The Morgan fingerprint density at radius 1 is 0.844 bits per heavy atom. The van der Waals surface area contributed by atoms with Crippen molar-refractivity contribution in [3.63, 3.8) is 0 Å². The van der Waals surface area contributed by atoms with E-state index in [-0.39, 0.29) is 35.9 Å². The minimum absolute atomic E-state index is 0.0307. The molecule has 2 atom stereocenters. The first-order valence-corrected chi connectivity index (χ1v) is 15.8. The predicted octanol–water partition coefficient (Wildman–Crippen LogP) is 6.47. The third-order valence-corrected chi connectivity index (χ3v) is 11.6. The van der Waals surface area contributed by atoms with Crippen LogP contribution in [0.4, 0.5) is 30.7 Å². The summed E-state index contributed by atoms with van der Waals surface area (Å²) < 4.78 is 108. The molecule has 2 aromatic rings. The van der Waals surface area contributed by atoms with Gasteiger partial charge >= 0.3 is 24.0 Å². The van der Waals surface area contributed by atoms with Crippen molar-refractivity contribution in [3.05, 3.63) is 65.2 Å². The second-order valence-corrected chi connectivity index (χ2v) is 14.1. The average molecular weight is 664 g/mol. The van der Waals surface area contributed by atoms with Crippen LogP contribution in [0.1, 0.15) is 68.1 Å². The zero-order valence-corrected chi connectivity index (χ0v) is 24.8. The van der Waals surface area contributed by atoms with Gasteiger partial charge in [0.1, 0.15) is 0 Å². The van der Waals surface area contributed by atoms with Crippen LogP contribution < -0.4 is 0 Å². The summed E-state index contributed by atoms with van der Waals surface area (Å²) in [5.74, 6) is -2.30. The van der Waals surface area contributed by atoms with Crippen molar-refractivity contribution in [1.29, 1.82) is 0 Å². The minimum atomic E-state index is -6.30. The number of nitrogens with zero attached hydrogens (tertiary/aromatic N) is 1. The number of carboxylic acid groups (broad SMARTS) is 1. The summed E-state index contributed by atoms with van der Waals surface area (Å²) in [6.07, 6.45) is -9.54. The van der Waals surface area contributed by atoms with E-state index in [0.29, 0.717) is 56.2 Å². The Balaban J connectivity index is 1.50. The first-order chi connectivity index (χ1) is 20.9. The van der Waals surface area contributed by atoms with Gasteiger partial charge in [-0.1, -0.05) is 36.4 Å². The Morgan fingerprint density at radius 3 is 1.93 bits per heavy atom. The lowest BCUT2D eigenvalue weighted by Gasteiger charge is -2.38. The zero-order chi connectivity index (χ0) is 33.0. The van der Waals surface area contributed by atoms with Crippen molar-refractivity contribution in [2.45, 2.75) is 84.6 Å². The summed E-state index contributed by atoms with van der Waals surface area (Å²) in [7, 11) is 0. The molecule has 2 aliphatic carbocycles. The second kappa shape index (κ2) is 11.8. The molecule has 2 N–H and O–H groups in total. The van der Waals surface area contributed by atoms with Crippen molar-refractivity contribution in [2.75, 3.05) is 13.1 Å². The molecule has 6 nitrogen and oxygen atoms in total. The SMILES string of the molecule is O=C(O)C1CCC(C(=O)N2CCC(c3ccc(C(F)(C(F)(F)F)C(F)(F)F)cc3)([S+]([O-])c3cccc(C4(O)CCC4)c3)C2)CC1. The lowest BCUT2D eigenvalue weighted by atomic mass is 9.75. The van der Waals surface area contributed by atoms with Crippen LogP contribution in [0.15, 0.2) is 53.4 Å². The van der Waals surface area contributed by atoms with Crippen molar-refractivity contribution in [1.82, 2.24) is 4.90 Å². The monoisotopic (exact) mass is 663 g/mol. The molecule has 0 radical (unpaired) electrons. The van der Waals surface area contributed by atoms with Gasteiger partial charge in [-0.15, -0.1) is 0 Å². The van der Waals surface area contributed by atoms with Gasteiger partial charge in [0.05, 0.1) is 18.1 Å². The van der Waals surface area contributed by atoms with E-state index in [2.05, 4.69) is 0 Å². The highest BCUT2D eigenvalue weighted by Gasteiger charge is 2.73. The topological polar surface area (TPSA) is 101 Å². The molecule has 14 heteroatoms.